The molecule has 1 amide bonds. The van der Waals surface area contributed by atoms with Crippen LogP contribution in [0.15, 0.2) is 54.6 Å². The Morgan fingerprint density at radius 2 is 1.73 bits per heavy atom. The van der Waals surface area contributed by atoms with Crippen molar-refractivity contribution in [1.29, 1.82) is 0 Å². The molecule has 1 N–H and O–H groups in total. The number of amides is 1. The fourth-order valence-electron chi connectivity index (χ4n) is 2.66. The molecule has 0 aliphatic heterocycles. The average Bonchev–Trinajstić information content (AvgIpc) is 2.60. The zero-order valence-corrected chi connectivity index (χ0v) is 16.0. The molecule has 2 aromatic rings. The highest BCUT2D eigenvalue weighted by molar-refractivity contribution is 7.92. The van der Waals surface area contributed by atoms with Gasteiger partial charge in [-0.1, -0.05) is 36.4 Å². The summed E-state index contributed by atoms with van der Waals surface area (Å²) >= 11 is 0. The highest BCUT2D eigenvalue weighted by Crippen LogP contribution is 2.21. The van der Waals surface area contributed by atoms with Crippen LogP contribution < -0.4 is 14.4 Å². The van der Waals surface area contributed by atoms with Gasteiger partial charge < -0.3 is 10.1 Å². The van der Waals surface area contributed by atoms with Crippen LogP contribution in [0.2, 0.25) is 0 Å². The zero-order chi connectivity index (χ0) is 19.2. The number of benzene rings is 2. The lowest BCUT2D eigenvalue weighted by Gasteiger charge is -2.28. The van der Waals surface area contributed by atoms with Crippen molar-refractivity contribution in [3.63, 3.8) is 0 Å². The minimum atomic E-state index is -3.61. The summed E-state index contributed by atoms with van der Waals surface area (Å²) in [5.41, 5.74) is 1.29. The number of hydrogen-bond donors (Lipinski definition) is 1. The summed E-state index contributed by atoms with van der Waals surface area (Å²) < 4.78 is 31.1. The first-order chi connectivity index (χ1) is 12.3. The number of carbonyl (C=O) groups is 1. The number of sulfonamides is 1. The van der Waals surface area contributed by atoms with Crippen LogP contribution in [0.1, 0.15) is 19.4 Å². The summed E-state index contributed by atoms with van der Waals surface area (Å²) in [6, 6.07) is 15.1. The third kappa shape index (κ3) is 4.98. The van der Waals surface area contributed by atoms with E-state index in [0.29, 0.717) is 18.0 Å². The van der Waals surface area contributed by atoms with E-state index in [1.54, 1.807) is 37.3 Å². The van der Waals surface area contributed by atoms with E-state index in [1.807, 2.05) is 31.2 Å². The standard InChI is InChI=1S/C19H24N2O4S/c1-4-25-18-13-9-8-10-16(18)14-20-19(22)15(2)21(26(3,23)24)17-11-6-5-7-12-17/h5-13,15H,4,14H2,1-3H3,(H,20,22)/t15-/m0/s1. The first kappa shape index (κ1) is 19.8. The van der Waals surface area contributed by atoms with Crippen LogP contribution in [-0.2, 0) is 21.4 Å². The van der Waals surface area contributed by atoms with Gasteiger partial charge >= 0.3 is 0 Å². The van der Waals surface area contributed by atoms with Gasteiger partial charge in [0.2, 0.25) is 15.9 Å². The normalized spacial score (nSPS) is 12.3. The van der Waals surface area contributed by atoms with Gasteiger partial charge in [-0.2, -0.15) is 0 Å². The third-order valence-corrected chi connectivity index (χ3v) is 5.07. The van der Waals surface area contributed by atoms with Gasteiger partial charge in [0.05, 0.1) is 18.6 Å². The quantitative estimate of drug-likeness (QED) is 0.768. The third-order valence-electron chi connectivity index (χ3n) is 3.82. The monoisotopic (exact) mass is 376 g/mol. The Morgan fingerprint density at radius 3 is 2.35 bits per heavy atom. The number of para-hydroxylation sites is 2. The van der Waals surface area contributed by atoms with Crippen molar-refractivity contribution in [3.8, 4) is 5.75 Å². The minimum absolute atomic E-state index is 0.256. The van der Waals surface area contributed by atoms with E-state index in [0.717, 1.165) is 16.1 Å². The molecule has 0 bridgehead atoms. The average molecular weight is 376 g/mol. The smallest absolute Gasteiger partial charge is 0.243 e. The molecule has 0 spiro atoms. The van der Waals surface area contributed by atoms with E-state index in [9.17, 15) is 13.2 Å². The molecule has 0 aliphatic carbocycles. The van der Waals surface area contributed by atoms with Crippen molar-refractivity contribution < 1.29 is 17.9 Å². The molecule has 0 unspecified atom stereocenters. The maximum Gasteiger partial charge on any atom is 0.243 e. The van der Waals surface area contributed by atoms with Gasteiger partial charge in [-0.05, 0) is 32.0 Å². The Morgan fingerprint density at radius 1 is 1.12 bits per heavy atom. The second kappa shape index (κ2) is 8.71. The molecule has 26 heavy (non-hydrogen) atoms. The summed E-state index contributed by atoms with van der Waals surface area (Å²) in [4.78, 5) is 12.6. The Hall–Kier alpha value is -2.54. The van der Waals surface area contributed by atoms with Gasteiger partial charge in [-0.15, -0.1) is 0 Å². The van der Waals surface area contributed by atoms with Crippen molar-refractivity contribution >= 4 is 21.6 Å². The van der Waals surface area contributed by atoms with Gasteiger partial charge in [0.25, 0.3) is 0 Å². The van der Waals surface area contributed by atoms with Crippen LogP contribution >= 0.6 is 0 Å². The second-order valence-electron chi connectivity index (χ2n) is 5.83. The Labute approximate surface area is 154 Å². The molecule has 0 radical (unpaired) electrons. The van der Waals surface area contributed by atoms with Gasteiger partial charge in [-0.3, -0.25) is 9.10 Å². The van der Waals surface area contributed by atoms with E-state index in [1.165, 1.54) is 0 Å². The number of nitrogens with zero attached hydrogens (tertiary/aromatic N) is 1. The highest BCUT2D eigenvalue weighted by atomic mass is 32.2. The molecular formula is C19H24N2O4S. The fourth-order valence-corrected chi connectivity index (χ4v) is 3.83. The van der Waals surface area contributed by atoms with Crippen LogP contribution in [0.4, 0.5) is 5.69 Å². The van der Waals surface area contributed by atoms with E-state index in [-0.39, 0.29) is 12.5 Å². The molecule has 2 rings (SSSR count). The van der Waals surface area contributed by atoms with Gasteiger partial charge in [0.15, 0.2) is 0 Å². The first-order valence-corrected chi connectivity index (χ1v) is 10.2. The van der Waals surface area contributed by atoms with Crippen molar-refractivity contribution in [2.24, 2.45) is 0 Å². The molecule has 2 aromatic carbocycles. The zero-order valence-electron chi connectivity index (χ0n) is 15.2. The summed E-state index contributed by atoms with van der Waals surface area (Å²) in [5.74, 6) is 0.316. The van der Waals surface area contributed by atoms with Crippen molar-refractivity contribution in [3.05, 3.63) is 60.2 Å². The van der Waals surface area contributed by atoms with Crippen molar-refractivity contribution in [2.75, 3.05) is 17.2 Å². The summed E-state index contributed by atoms with van der Waals surface area (Å²) in [6.07, 6.45) is 1.09. The molecule has 0 heterocycles. The highest BCUT2D eigenvalue weighted by Gasteiger charge is 2.28. The van der Waals surface area contributed by atoms with E-state index in [2.05, 4.69) is 5.32 Å². The molecule has 1 atom stereocenters. The minimum Gasteiger partial charge on any atom is -0.494 e. The van der Waals surface area contributed by atoms with Gasteiger partial charge in [0, 0.05) is 12.1 Å². The Kier molecular flexibility index (Phi) is 6.63. The molecule has 0 aliphatic rings. The lowest BCUT2D eigenvalue weighted by atomic mass is 10.2. The largest absolute Gasteiger partial charge is 0.494 e. The molecule has 0 saturated heterocycles. The number of ether oxygens (including phenoxy) is 1. The van der Waals surface area contributed by atoms with Crippen LogP contribution in [0.25, 0.3) is 0 Å². The van der Waals surface area contributed by atoms with Crippen LogP contribution in [-0.4, -0.2) is 33.2 Å². The van der Waals surface area contributed by atoms with E-state index < -0.39 is 16.1 Å². The number of anilines is 1. The molecule has 0 saturated carbocycles. The predicted octanol–water partition coefficient (Wildman–Crippen LogP) is 2.56. The van der Waals surface area contributed by atoms with Crippen molar-refractivity contribution in [1.82, 2.24) is 5.32 Å². The Balaban J connectivity index is 2.15. The molecule has 0 fully saturated rings. The lowest BCUT2D eigenvalue weighted by Crippen LogP contribution is -2.47. The molecule has 7 heteroatoms. The molecule has 0 aromatic heterocycles. The van der Waals surface area contributed by atoms with Crippen molar-refractivity contribution in [2.45, 2.75) is 26.4 Å². The first-order valence-electron chi connectivity index (χ1n) is 8.37. The summed E-state index contributed by atoms with van der Waals surface area (Å²) in [7, 11) is -3.61. The molecule has 6 nitrogen and oxygen atoms in total. The SMILES string of the molecule is CCOc1ccccc1CNC(=O)[C@H](C)N(c1ccccc1)S(C)(=O)=O. The lowest BCUT2D eigenvalue weighted by molar-refractivity contribution is -0.122. The summed E-state index contributed by atoms with van der Waals surface area (Å²) in [6.45, 7) is 4.24. The van der Waals surface area contributed by atoms with Gasteiger partial charge in [-0.25, -0.2) is 8.42 Å². The molecular weight excluding hydrogens is 352 g/mol. The van der Waals surface area contributed by atoms with Crippen LogP contribution in [0.5, 0.6) is 5.75 Å². The Bertz CT molecular complexity index is 838. The van der Waals surface area contributed by atoms with E-state index >= 15 is 0 Å². The number of carbonyl (C=O) groups excluding carboxylic acids is 1. The topological polar surface area (TPSA) is 75.7 Å². The number of hydrogen-bond acceptors (Lipinski definition) is 4. The van der Waals surface area contributed by atoms with Crippen LogP contribution in [0, 0.1) is 0 Å². The second-order valence-corrected chi connectivity index (χ2v) is 7.69. The predicted molar refractivity (Wildman–Crippen MR) is 103 cm³/mol. The fraction of sp³-hybridized carbons (Fsp3) is 0.316. The van der Waals surface area contributed by atoms with E-state index in [4.69, 9.17) is 4.74 Å². The maximum atomic E-state index is 12.6. The maximum absolute atomic E-state index is 12.6. The van der Waals surface area contributed by atoms with Crippen LogP contribution in [0.3, 0.4) is 0 Å². The molecule has 140 valence electrons. The number of nitrogens with one attached hydrogen (secondary N) is 1. The summed E-state index contributed by atoms with van der Waals surface area (Å²) in [5, 5.41) is 2.79. The number of rotatable bonds is 8. The van der Waals surface area contributed by atoms with Gasteiger partial charge in [0.1, 0.15) is 11.8 Å².